The lowest BCUT2D eigenvalue weighted by Gasteiger charge is -2.18. The summed E-state index contributed by atoms with van der Waals surface area (Å²) in [6.07, 6.45) is 50.7. The van der Waals surface area contributed by atoms with Gasteiger partial charge in [-0.15, -0.1) is 0 Å². The number of hydrogen-bond acceptors (Lipinski definition) is 6. The first kappa shape index (κ1) is 51.1. The van der Waals surface area contributed by atoms with Gasteiger partial charge in [0.2, 0.25) is 0 Å². The van der Waals surface area contributed by atoms with Crippen molar-refractivity contribution in [3.05, 3.63) is 60.8 Å². The average molecular weight is 755 g/mol. The number of unbranched alkanes of at least 4 members (excludes halogenated alkanes) is 18. The maximum atomic E-state index is 12.7. The number of rotatable bonds is 39. The molecule has 0 saturated heterocycles. The molecule has 0 fully saturated rings. The summed E-state index contributed by atoms with van der Waals surface area (Å²) in [5.74, 6) is -0.967. The molecule has 0 aromatic rings. The van der Waals surface area contributed by atoms with Crippen LogP contribution in [0, 0.1) is 0 Å². The monoisotopic (exact) mass is 755 g/mol. The first-order valence-electron chi connectivity index (χ1n) is 22.3. The van der Waals surface area contributed by atoms with E-state index in [2.05, 4.69) is 81.5 Å². The summed E-state index contributed by atoms with van der Waals surface area (Å²) in [6.45, 7) is 6.41. The van der Waals surface area contributed by atoms with Crippen LogP contribution in [0.2, 0.25) is 0 Å². The van der Waals surface area contributed by atoms with Gasteiger partial charge in [0.25, 0.3) is 0 Å². The molecule has 0 radical (unpaired) electrons. The van der Waals surface area contributed by atoms with E-state index in [0.29, 0.717) is 25.7 Å². The van der Waals surface area contributed by atoms with Crippen LogP contribution >= 0.6 is 0 Å². The first-order chi connectivity index (χ1) is 26.5. The molecule has 0 aliphatic heterocycles. The minimum Gasteiger partial charge on any atom is -0.462 e. The van der Waals surface area contributed by atoms with E-state index in [0.717, 1.165) is 83.5 Å². The van der Waals surface area contributed by atoms with E-state index in [1.165, 1.54) is 77.0 Å². The van der Waals surface area contributed by atoms with Crippen molar-refractivity contribution >= 4 is 17.9 Å². The average Bonchev–Trinajstić information content (AvgIpc) is 3.17. The molecular weight excluding hydrogens is 673 g/mol. The number of carbonyl (C=O) groups is 3. The van der Waals surface area contributed by atoms with Crippen LogP contribution < -0.4 is 0 Å². The number of carbonyl (C=O) groups excluding carboxylic acids is 3. The molecule has 0 aliphatic rings. The molecule has 1 unspecified atom stereocenters. The fraction of sp³-hybridized carbons (Fsp3) is 0.729. The number of allylic oxidation sites excluding steroid dienone is 10. The molecule has 6 heteroatoms. The van der Waals surface area contributed by atoms with E-state index >= 15 is 0 Å². The standard InChI is InChI=1S/C48H82O6/c1-4-7-10-13-16-19-21-22-23-24-25-27-29-32-35-38-41-47(50)53-44-45(43-52-46(49)40-37-34-31-28-18-15-12-9-6-3)54-48(51)42-39-36-33-30-26-20-17-14-11-8-5-2/h7,10,16,19,22-23,25,27-28,31,45H,4-6,8-9,11-15,17-18,20-21,24,26,29-30,32-44H2,1-3H3/b10-7-,19-16-,23-22-,27-25-,31-28-. The summed E-state index contributed by atoms with van der Waals surface area (Å²) in [7, 11) is 0. The van der Waals surface area contributed by atoms with Crippen LogP contribution in [0.15, 0.2) is 60.8 Å². The van der Waals surface area contributed by atoms with Gasteiger partial charge in [-0.1, -0.05) is 171 Å². The van der Waals surface area contributed by atoms with E-state index < -0.39 is 6.10 Å². The third kappa shape index (κ3) is 40.3. The quantitative estimate of drug-likeness (QED) is 0.0269. The van der Waals surface area contributed by atoms with Gasteiger partial charge in [0, 0.05) is 19.3 Å². The van der Waals surface area contributed by atoms with Crippen LogP contribution in [0.4, 0.5) is 0 Å². The molecule has 0 amide bonds. The van der Waals surface area contributed by atoms with E-state index in [9.17, 15) is 14.4 Å². The second kappa shape index (κ2) is 42.8. The van der Waals surface area contributed by atoms with Crippen LogP contribution in [0.1, 0.15) is 207 Å². The summed E-state index contributed by atoms with van der Waals surface area (Å²) in [4.78, 5) is 37.6. The van der Waals surface area contributed by atoms with Crippen molar-refractivity contribution in [1.82, 2.24) is 0 Å². The molecule has 6 nitrogen and oxygen atoms in total. The maximum Gasteiger partial charge on any atom is 0.306 e. The lowest BCUT2D eigenvalue weighted by molar-refractivity contribution is -0.167. The van der Waals surface area contributed by atoms with E-state index in [-0.39, 0.29) is 31.1 Å². The Morgan fingerprint density at radius 2 is 0.741 bits per heavy atom. The Morgan fingerprint density at radius 1 is 0.389 bits per heavy atom. The predicted molar refractivity (Wildman–Crippen MR) is 228 cm³/mol. The van der Waals surface area contributed by atoms with Gasteiger partial charge in [-0.3, -0.25) is 14.4 Å². The molecule has 1 atom stereocenters. The Morgan fingerprint density at radius 3 is 1.24 bits per heavy atom. The summed E-state index contributed by atoms with van der Waals surface area (Å²) in [5, 5.41) is 0. The second-order valence-corrected chi connectivity index (χ2v) is 14.6. The lowest BCUT2D eigenvalue weighted by Crippen LogP contribution is -2.30. The SMILES string of the molecule is CC/C=C\C/C=C\C/C=C\C/C=C\CCCCCC(=O)OCC(COC(=O)CCC/C=C\CCCCCC)OC(=O)CCCCCCCCCCCCC. The Labute approximate surface area is 332 Å². The minimum absolute atomic E-state index is 0.0984. The molecule has 0 aromatic carbocycles. The molecule has 0 aromatic heterocycles. The lowest BCUT2D eigenvalue weighted by atomic mass is 10.1. The molecule has 0 spiro atoms. The van der Waals surface area contributed by atoms with Crippen LogP contribution in [-0.2, 0) is 28.6 Å². The Balaban J connectivity index is 4.43. The molecule has 0 rings (SSSR count). The maximum absolute atomic E-state index is 12.7. The molecular formula is C48H82O6. The van der Waals surface area contributed by atoms with E-state index in [4.69, 9.17) is 14.2 Å². The summed E-state index contributed by atoms with van der Waals surface area (Å²) >= 11 is 0. The molecule has 0 aliphatic carbocycles. The van der Waals surface area contributed by atoms with Crippen molar-refractivity contribution in [1.29, 1.82) is 0 Å². The molecule has 54 heavy (non-hydrogen) atoms. The fourth-order valence-corrected chi connectivity index (χ4v) is 5.91. The predicted octanol–water partition coefficient (Wildman–Crippen LogP) is 14.1. The third-order valence-electron chi connectivity index (χ3n) is 9.26. The van der Waals surface area contributed by atoms with Gasteiger partial charge in [-0.05, 0) is 77.0 Å². The van der Waals surface area contributed by atoms with Gasteiger partial charge in [0.05, 0.1) is 0 Å². The zero-order valence-corrected chi connectivity index (χ0v) is 35.2. The number of ether oxygens (including phenoxy) is 3. The van der Waals surface area contributed by atoms with Gasteiger partial charge in [-0.25, -0.2) is 0 Å². The van der Waals surface area contributed by atoms with Crippen molar-refractivity contribution < 1.29 is 28.6 Å². The highest BCUT2D eigenvalue weighted by Gasteiger charge is 2.19. The van der Waals surface area contributed by atoms with Gasteiger partial charge >= 0.3 is 17.9 Å². The van der Waals surface area contributed by atoms with Crippen molar-refractivity contribution in [3.8, 4) is 0 Å². The zero-order chi connectivity index (χ0) is 39.4. The van der Waals surface area contributed by atoms with Crippen molar-refractivity contribution in [2.45, 2.75) is 213 Å². The highest BCUT2D eigenvalue weighted by molar-refractivity contribution is 5.71. The van der Waals surface area contributed by atoms with Crippen molar-refractivity contribution in [2.75, 3.05) is 13.2 Å². The highest BCUT2D eigenvalue weighted by Crippen LogP contribution is 2.13. The van der Waals surface area contributed by atoms with Crippen LogP contribution in [0.5, 0.6) is 0 Å². The fourth-order valence-electron chi connectivity index (χ4n) is 5.91. The zero-order valence-electron chi connectivity index (χ0n) is 35.2. The Bertz CT molecular complexity index is 1010. The summed E-state index contributed by atoms with van der Waals surface area (Å²) in [6, 6.07) is 0. The Kier molecular flexibility index (Phi) is 40.6. The normalized spacial score (nSPS) is 12.6. The van der Waals surface area contributed by atoms with E-state index in [1.807, 2.05) is 0 Å². The van der Waals surface area contributed by atoms with Gasteiger partial charge in [0.1, 0.15) is 13.2 Å². The van der Waals surface area contributed by atoms with Crippen LogP contribution in [0.3, 0.4) is 0 Å². The van der Waals surface area contributed by atoms with E-state index in [1.54, 1.807) is 0 Å². The van der Waals surface area contributed by atoms with Gasteiger partial charge < -0.3 is 14.2 Å². The largest absolute Gasteiger partial charge is 0.462 e. The summed E-state index contributed by atoms with van der Waals surface area (Å²) < 4.78 is 16.6. The molecule has 0 N–H and O–H groups in total. The number of esters is 3. The summed E-state index contributed by atoms with van der Waals surface area (Å²) in [5.41, 5.74) is 0. The molecule has 0 bridgehead atoms. The molecule has 310 valence electrons. The van der Waals surface area contributed by atoms with Gasteiger partial charge in [-0.2, -0.15) is 0 Å². The van der Waals surface area contributed by atoms with Crippen molar-refractivity contribution in [3.63, 3.8) is 0 Å². The number of hydrogen-bond donors (Lipinski definition) is 0. The minimum atomic E-state index is -0.792. The second-order valence-electron chi connectivity index (χ2n) is 14.6. The third-order valence-corrected chi connectivity index (χ3v) is 9.26. The van der Waals surface area contributed by atoms with Gasteiger partial charge in [0.15, 0.2) is 6.10 Å². The molecule has 0 heterocycles. The first-order valence-corrected chi connectivity index (χ1v) is 22.3. The van der Waals surface area contributed by atoms with Crippen molar-refractivity contribution in [2.24, 2.45) is 0 Å². The van der Waals surface area contributed by atoms with Crippen LogP contribution in [0.25, 0.3) is 0 Å². The topological polar surface area (TPSA) is 78.9 Å². The highest BCUT2D eigenvalue weighted by atomic mass is 16.6. The molecule has 0 saturated carbocycles. The Hall–Kier alpha value is -2.89. The van der Waals surface area contributed by atoms with Crippen LogP contribution in [-0.4, -0.2) is 37.2 Å². The smallest absolute Gasteiger partial charge is 0.306 e.